The van der Waals surface area contributed by atoms with Gasteiger partial charge in [0.05, 0.1) is 5.69 Å². The number of aromatic nitrogens is 2. The van der Waals surface area contributed by atoms with E-state index >= 15 is 0 Å². The fourth-order valence-corrected chi connectivity index (χ4v) is 4.54. The maximum absolute atomic E-state index is 13.3. The SMILES string of the molecule is O=C(CC(c1ccccc1)c1ccccc1)N1CCN(c2ccc(-c3ccccc3)nn2)CC1. The molecule has 0 spiro atoms. The molecule has 1 aromatic heterocycles. The van der Waals surface area contributed by atoms with Gasteiger partial charge in [-0.25, -0.2) is 0 Å². The van der Waals surface area contributed by atoms with Crippen LogP contribution in [0.3, 0.4) is 0 Å². The van der Waals surface area contributed by atoms with Gasteiger partial charge < -0.3 is 9.80 Å². The smallest absolute Gasteiger partial charge is 0.223 e. The molecule has 0 bridgehead atoms. The predicted octanol–water partition coefficient (Wildman–Crippen LogP) is 5.01. The molecule has 5 heteroatoms. The summed E-state index contributed by atoms with van der Waals surface area (Å²) in [6.07, 6.45) is 0.472. The van der Waals surface area contributed by atoms with E-state index in [4.69, 9.17) is 0 Å². The Labute approximate surface area is 200 Å². The molecule has 1 aliphatic heterocycles. The van der Waals surface area contributed by atoms with Crippen LogP contribution in [0.5, 0.6) is 0 Å². The average molecular weight is 449 g/mol. The molecule has 2 heterocycles. The van der Waals surface area contributed by atoms with Gasteiger partial charge in [0.2, 0.25) is 5.91 Å². The minimum atomic E-state index is 0.0596. The minimum Gasteiger partial charge on any atom is -0.352 e. The van der Waals surface area contributed by atoms with Crippen LogP contribution in [-0.4, -0.2) is 47.2 Å². The largest absolute Gasteiger partial charge is 0.352 e. The van der Waals surface area contributed by atoms with Crippen LogP contribution in [0, 0.1) is 0 Å². The third kappa shape index (κ3) is 4.99. The fraction of sp³-hybridized carbons (Fsp3) is 0.207. The van der Waals surface area contributed by atoms with Gasteiger partial charge in [-0.2, -0.15) is 0 Å². The van der Waals surface area contributed by atoms with Crippen molar-refractivity contribution in [3.63, 3.8) is 0 Å². The molecule has 1 amide bonds. The first-order valence-electron chi connectivity index (χ1n) is 11.8. The molecular formula is C29H28N4O. The van der Waals surface area contributed by atoms with Crippen molar-refractivity contribution in [2.24, 2.45) is 0 Å². The minimum absolute atomic E-state index is 0.0596. The Morgan fingerprint density at radius 3 is 1.76 bits per heavy atom. The Kier molecular flexibility index (Phi) is 6.61. The third-order valence-corrected chi connectivity index (χ3v) is 6.46. The predicted molar refractivity (Wildman–Crippen MR) is 136 cm³/mol. The first kappa shape index (κ1) is 21.8. The van der Waals surface area contributed by atoms with Crippen LogP contribution >= 0.6 is 0 Å². The highest BCUT2D eigenvalue weighted by Crippen LogP contribution is 2.29. The molecule has 0 N–H and O–H groups in total. The van der Waals surface area contributed by atoms with Crippen LogP contribution in [0.1, 0.15) is 23.5 Å². The van der Waals surface area contributed by atoms with Crippen molar-refractivity contribution in [1.82, 2.24) is 15.1 Å². The summed E-state index contributed by atoms with van der Waals surface area (Å²) in [6.45, 7) is 2.90. The van der Waals surface area contributed by atoms with E-state index < -0.39 is 0 Å². The van der Waals surface area contributed by atoms with Crippen LogP contribution in [0.4, 0.5) is 5.82 Å². The summed E-state index contributed by atoms with van der Waals surface area (Å²) >= 11 is 0. The van der Waals surface area contributed by atoms with Gasteiger partial charge in [-0.3, -0.25) is 4.79 Å². The second-order valence-corrected chi connectivity index (χ2v) is 8.59. The highest BCUT2D eigenvalue weighted by atomic mass is 16.2. The van der Waals surface area contributed by atoms with E-state index in [0.29, 0.717) is 19.5 Å². The van der Waals surface area contributed by atoms with Crippen molar-refractivity contribution in [2.45, 2.75) is 12.3 Å². The first-order chi connectivity index (χ1) is 16.8. The van der Waals surface area contributed by atoms with Crippen molar-refractivity contribution in [2.75, 3.05) is 31.1 Å². The molecule has 0 radical (unpaired) electrons. The number of carbonyl (C=O) groups excluding carboxylic acids is 1. The molecular weight excluding hydrogens is 420 g/mol. The molecule has 4 aromatic rings. The van der Waals surface area contributed by atoms with E-state index in [0.717, 1.165) is 30.2 Å². The molecule has 0 aliphatic carbocycles. The summed E-state index contributed by atoms with van der Waals surface area (Å²) in [5.74, 6) is 1.12. The Morgan fingerprint density at radius 2 is 1.24 bits per heavy atom. The topological polar surface area (TPSA) is 49.3 Å². The van der Waals surface area contributed by atoms with E-state index in [1.54, 1.807) is 0 Å². The summed E-state index contributed by atoms with van der Waals surface area (Å²) in [4.78, 5) is 17.5. The Hall–Kier alpha value is -3.99. The van der Waals surface area contributed by atoms with Gasteiger partial charge in [-0.05, 0) is 23.3 Å². The number of anilines is 1. The number of hydrogen-bond donors (Lipinski definition) is 0. The molecule has 34 heavy (non-hydrogen) atoms. The second-order valence-electron chi connectivity index (χ2n) is 8.59. The molecule has 0 saturated carbocycles. The van der Waals surface area contributed by atoms with Gasteiger partial charge in [-0.15, -0.1) is 10.2 Å². The van der Waals surface area contributed by atoms with Gasteiger partial charge in [-0.1, -0.05) is 91.0 Å². The molecule has 3 aromatic carbocycles. The molecule has 5 nitrogen and oxygen atoms in total. The zero-order valence-corrected chi connectivity index (χ0v) is 19.1. The quantitative estimate of drug-likeness (QED) is 0.416. The number of rotatable bonds is 6. The molecule has 1 saturated heterocycles. The zero-order chi connectivity index (χ0) is 23.2. The van der Waals surface area contributed by atoms with E-state index in [9.17, 15) is 4.79 Å². The van der Waals surface area contributed by atoms with Crippen molar-refractivity contribution in [1.29, 1.82) is 0 Å². The van der Waals surface area contributed by atoms with E-state index in [2.05, 4.69) is 39.4 Å². The summed E-state index contributed by atoms with van der Waals surface area (Å²) in [5, 5.41) is 8.86. The summed E-state index contributed by atoms with van der Waals surface area (Å²) in [7, 11) is 0. The lowest BCUT2D eigenvalue weighted by atomic mass is 9.88. The lowest BCUT2D eigenvalue weighted by Gasteiger charge is -2.36. The summed E-state index contributed by atoms with van der Waals surface area (Å²) in [6, 6.07) is 34.7. The van der Waals surface area contributed by atoms with Crippen LogP contribution in [0.25, 0.3) is 11.3 Å². The number of benzene rings is 3. The fourth-order valence-electron chi connectivity index (χ4n) is 4.54. The molecule has 1 fully saturated rings. The van der Waals surface area contributed by atoms with Crippen molar-refractivity contribution < 1.29 is 4.79 Å². The second kappa shape index (κ2) is 10.3. The Balaban J connectivity index is 1.22. The van der Waals surface area contributed by atoms with E-state index in [1.165, 1.54) is 11.1 Å². The maximum atomic E-state index is 13.3. The van der Waals surface area contributed by atoms with Crippen molar-refractivity contribution in [3.05, 3.63) is 114 Å². The highest BCUT2D eigenvalue weighted by Gasteiger charge is 2.25. The van der Waals surface area contributed by atoms with Gasteiger partial charge in [0, 0.05) is 44.1 Å². The number of hydrogen-bond acceptors (Lipinski definition) is 4. The standard InChI is InChI=1S/C29H28N4O/c34-29(22-26(23-10-4-1-5-11-23)24-12-6-2-7-13-24)33-20-18-32(19-21-33)28-17-16-27(30-31-28)25-14-8-3-9-15-25/h1-17,26H,18-22H2. The van der Waals surface area contributed by atoms with Crippen LogP contribution in [0.2, 0.25) is 0 Å². The summed E-state index contributed by atoms with van der Waals surface area (Å²) in [5.41, 5.74) is 4.28. The molecule has 0 atom stereocenters. The normalized spacial score (nSPS) is 13.8. The molecule has 5 rings (SSSR count). The summed E-state index contributed by atoms with van der Waals surface area (Å²) < 4.78 is 0. The Morgan fingerprint density at radius 1 is 0.676 bits per heavy atom. The maximum Gasteiger partial charge on any atom is 0.223 e. The van der Waals surface area contributed by atoms with Gasteiger partial charge >= 0.3 is 0 Å². The van der Waals surface area contributed by atoms with E-state index in [-0.39, 0.29) is 11.8 Å². The molecule has 1 aliphatic rings. The van der Waals surface area contributed by atoms with Crippen LogP contribution < -0.4 is 4.90 Å². The monoisotopic (exact) mass is 448 g/mol. The molecule has 170 valence electrons. The third-order valence-electron chi connectivity index (χ3n) is 6.46. The van der Waals surface area contributed by atoms with E-state index in [1.807, 2.05) is 83.8 Å². The van der Waals surface area contributed by atoms with Gasteiger partial charge in [0.1, 0.15) is 0 Å². The highest BCUT2D eigenvalue weighted by molar-refractivity contribution is 5.78. The lowest BCUT2D eigenvalue weighted by Crippen LogP contribution is -2.49. The number of amides is 1. The van der Waals surface area contributed by atoms with Crippen LogP contribution in [0.15, 0.2) is 103 Å². The van der Waals surface area contributed by atoms with Crippen molar-refractivity contribution in [3.8, 4) is 11.3 Å². The average Bonchev–Trinajstić information content (AvgIpc) is 2.93. The van der Waals surface area contributed by atoms with Crippen molar-refractivity contribution >= 4 is 11.7 Å². The molecule has 0 unspecified atom stereocenters. The van der Waals surface area contributed by atoms with Gasteiger partial charge in [0.15, 0.2) is 5.82 Å². The Bertz CT molecular complexity index is 1150. The lowest BCUT2D eigenvalue weighted by molar-refractivity contribution is -0.131. The first-order valence-corrected chi connectivity index (χ1v) is 11.8. The number of nitrogens with zero attached hydrogens (tertiary/aromatic N) is 4. The van der Waals surface area contributed by atoms with Gasteiger partial charge in [0.25, 0.3) is 0 Å². The zero-order valence-electron chi connectivity index (χ0n) is 19.1. The number of carbonyl (C=O) groups is 1. The number of piperazine rings is 1. The van der Waals surface area contributed by atoms with Crippen LogP contribution in [-0.2, 0) is 4.79 Å².